The molecule has 1 N–H and O–H groups in total. The minimum Gasteiger partial charge on any atom is -0.486 e. The second-order valence-corrected chi connectivity index (χ2v) is 6.61. The molecule has 1 aliphatic heterocycles. The Kier molecular flexibility index (Phi) is 3.99. The number of carbonyl (C=O) groups excluding carboxylic acids is 1. The zero-order valence-electron chi connectivity index (χ0n) is 14.5. The third kappa shape index (κ3) is 3.27. The normalized spacial score (nSPS) is 16.2. The Morgan fingerprint density at radius 2 is 1.92 bits per heavy atom. The number of aryl methyl sites for hydroxylation is 1. The van der Waals surface area contributed by atoms with Crippen LogP contribution in [0.3, 0.4) is 0 Å². The van der Waals surface area contributed by atoms with Crippen LogP contribution >= 0.6 is 0 Å². The molecule has 2 heterocycles. The van der Waals surface area contributed by atoms with Crippen LogP contribution < -0.4 is 14.8 Å². The van der Waals surface area contributed by atoms with Gasteiger partial charge in [-0.3, -0.25) is 4.79 Å². The molecule has 2 aromatic rings. The summed E-state index contributed by atoms with van der Waals surface area (Å²) in [6.45, 7) is 5.32. The topological polar surface area (TPSA) is 52.5 Å². The molecule has 1 aromatic carbocycles. The fourth-order valence-corrected chi connectivity index (χ4v) is 3.34. The Bertz CT molecular complexity index is 847. The molecule has 2 aliphatic rings. The third-order valence-electron chi connectivity index (χ3n) is 4.66. The van der Waals surface area contributed by atoms with E-state index in [9.17, 15) is 4.79 Å². The number of rotatable bonds is 4. The molecule has 130 valence electrons. The van der Waals surface area contributed by atoms with Gasteiger partial charge in [0.15, 0.2) is 11.5 Å². The number of nitrogens with one attached hydrogen (secondary N) is 1. The Hall–Kier alpha value is -2.69. The lowest BCUT2D eigenvalue weighted by Gasteiger charge is -2.18. The summed E-state index contributed by atoms with van der Waals surface area (Å²) in [6, 6.07) is 8.21. The number of benzene rings is 1. The van der Waals surface area contributed by atoms with Crippen LogP contribution in [-0.4, -0.2) is 23.7 Å². The van der Waals surface area contributed by atoms with Gasteiger partial charge >= 0.3 is 0 Å². The summed E-state index contributed by atoms with van der Waals surface area (Å²) in [7, 11) is 0. The summed E-state index contributed by atoms with van der Waals surface area (Å²) in [5.41, 5.74) is 4.28. The summed E-state index contributed by atoms with van der Waals surface area (Å²) < 4.78 is 13.4. The van der Waals surface area contributed by atoms with Gasteiger partial charge in [-0.25, -0.2) is 0 Å². The lowest BCUT2D eigenvalue weighted by molar-refractivity contribution is -0.111. The highest BCUT2D eigenvalue weighted by Crippen LogP contribution is 2.38. The number of ether oxygens (including phenoxy) is 2. The van der Waals surface area contributed by atoms with Crippen molar-refractivity contribution in [3.63, 3.8) is 0 Å². The fourth-order valence-electron chi connectivity index (χ4n) is 3.34. The summed E-state index contributed by atoms with van der Waals surface area (Å²) >= 11 is 0. The molecule has 0 spiro atoms. The van der Waals surface area contributed by atoms with Crippen LogP contribution in [0.25, 0.3) is 6.08 Å². The van der Waals surface area contributed by atoms with Crippen LogP contribution in [0.1, 0.15) is 35.8 Å². The number of fused-ring (bicyclic) bond motifs is 1. The number of nitrogens with zero attached hydrogens (tertiary/aromatic N) is 1. The molecule has 0 radical (unpaired) electrons. The SMILES string of the molecule is Cc1cc(/C=C/C(=O)Nc2ccc3c(c2)OCCO3)c(C)n1C1CC1. The van der Waals surface area contributed by atoms with E-state index >= 15 is 0 Å². The summed E-state index contributed by atoms with van der Waals surface area (Å²) in [5.74, 6) is 1.22. The number of aromatic nitrogens is 1. The van der Waals surface area contributed by atoms with Gasteiger partial charge in [-0.15, -0.1) is 0 Å². The average molecular weight is 338 g/mol. The van der Waals surface area contributed by atoms with Gasteiger partial charge in [-0.1, -0.05) is 0 Å². The molecule has 0 unspecified atom stereocenters. The monoisotopic (exact) mass is 338 g/mol. The molecule has 1 aromatic heterocycles. The molecule has 0 bridgehead atoms. The Balaban J connectivity index is 1.45. The van der Waals surface area contributed by atoms with Crippen molar-refractivity contribution in [2.75, 3.05) is 18.5 Å². The van der Waals surface area contributed by atoms with E-state index in [1.54, 1.807) is 12.1 Å². The number of hydrogen-bond acceptors (Lipinski definition) is 3. The van der Waals surface area contributed by atoms with Crippen molar-refractivity contribution in [3.8, 4) is 11.5 Å². The highest BCUT2D eigenvalue weighted by atomic mass is 16.6. The second-order valence-electron chi connectivity index (χ2n) is 6.61. The highest BCUT2D eigenvalue weighted by molar-refractivity contribution is 6.02. The zero-order valence-corrected chi connectivity index (χ0v) is 14.5. The van der Waals surface area contributed by atoms with E-state index in [4.69, 9.17) is 9.47 Å². The molecule has 25 heavy (non-hydrogen) atoms. The summed E-state index contributed by atoms with van der Waals surface area (Å²) in [5, 5.41) is 2.87. The largest absolute Gasteiger partial charge is 0.486 e. The first-order valence-corrected chi connectivity index (χ1v) is 8.69. The molecule has 1 amide bonds. The molecule has 5 heteroatoms. The fraction of sp³-hybridized carbons (Fsp3) is 0.350. The summed E-state index contributed by atoms with van der Waals surface area (Å²) in [4.78, 5) is 12.2. The van der Waals surface area contributed by atoms with Crippen molar-refractivity contribution >= 4 is 17.7 Å². The van der Waals surface area contributed by atoms with E-state index in [0.717, 1.165) is 5.56 Å². The molecular weight excluding hydrogens is 316 g/mol. The van der Waals surface area contributed by atoms with Crippen molar-refractivity contribution in [1.82, 2.24) is 4.57 Å². The first-order chi connectivity index (χ1) is 12.1. The zero-order chi connectivity index (χ0) is 17.4. The third-order valence-corrected chi connectivity index (χ3v) is 4.66. The lowest BCUT2D eigenvalue weighted by atomic mass is 10.2. The first-order valence-electron chi connectivity index (χ1n) is 8.69. The second kappa shape index (κ2) is 6.31. The van der Waals surface area contributed by atoms with E-state index in [1.165, 1.54) is 24.2 Å². The van der Waals surface area contributed by atoms with Crippen LogP contribution in [0.2, 0.25) is 0 Å². The van der Waals surface area contributed by atoms with Crippen LogP contribution in [0.15, 0.2) is 30.3 Å². The molecule has 0 atom stereocenters. The van der Waals surface area contributed by atoms with Gasteiger partial charge < -0.3 is 19.4 Å². The Morgan fingerprint density at radius 1 is 1.16 bits per heavy atom. The Morgan fingerprint density at radius 3 is 2.68 bits per heavy atom. The molecule has 5 nitrogen and oxygen atoms in total. The van der Waals surface area contributed by atoms with Crippen LogP contribution in [0, 0.1) is 13.8 Å². The van der Waals surface area contributed by atoms with Gasteiger partial charge in [0.25, 0.3) is 0 Å². The maximum atomic E-state index is 12.2. The minimum atomic E-state index is -0.159. The van der Waals surface area contributed by atoms with E-state index in [-0.39, 0.29) is 5.91 Å². The van der Waals surface area contributed by atoms with Crippen molar-refractivity contribution in [3.05, 3.63) is 47.3 Å². The van der Waals surface area contributed by atoms with E-state index in [0.29, 0.717) is 36.4 Å². The lowest BCUT2D eigenvalue weighted by Crippen LogP contribution is -2.16. The van der Waals surface area contributed by atoms with Gasteiger partial charge in [0, 0.05) is 35.3 Å². The molecule has 1 aliphatic carbocycles. The number of amides is 1. The maximum absolute atomic E-state index is 12.2. The summed E-state index contributed by atoms with van der Waals surface area (Å²) in [6.07, 6.45) is 5.97. The predicted molar refractivity (Wildman–Crippen MR) is 97.3 cm³/mol. The van der Waals surface area contributed by atoms with Crippen LogP contribution in [-0.2, 0) is 4.79 Å². The standard InChI is InChI=1S/C20H22N2O3/c1-13-11-15(14(2)22(13)17-5-6-17)3-8-20(23)21-16-4-7-18-19(12-16)25-10-9-24-18/h3-4,7-8,11-12,17H,5-6,9-10H2,1-2H3,(H,21,23)/b8-3+. The minimum absolute atomic E-state index is 0.159. The molecule has 1 saturated carbocycles. The molecule has 1 fully saturated rings. The van der Waals surface area contributed by atoms with Crippen molar-refractivity contribution in [2.24, 2.45) is 0 Å². The first kappa shape index (κ1) is 15.8. The maximum Gasteiger partial charge on any atom is 0.248 e. The van der Waals surface area contributed by atoms with Crippen LogP contribution in [0.4, 0.5) is 5.69 Å². The molecular formula is C20H22N2O3. The van der Waals surface area contributed by atoms with Crippen molar-refractivity contribution < 1.29 is 14.3 Å². The van der Waals surface area contributed by atoms with Crippen molar-refractivity contribution in [1.29, 1.82) is 0 Å². The molecule has 4 rings (SSSR count). The number of carbonyl (C=O) groups is 1. The smallest absolute Gasteiger partial charge is 0.248 e. The molecule has 0 saturated heterocycles. The number of hydrogen-bond donors (Lipinski definition) is 1. The van der Waals surface area contributed by atoms with Gasteiger partial charge in [-0.2, -0.15) is 0 Å². The average Bonchev–Trinajstić information content (AvgIpc) is 3.39. The highest BCUT2D eigenvalue weighted by Gasteiger charge is 2.26. The Labute approximate surface area is 147 Å². The van der Waals surface area contributed by atoms with Gasteiger partial charge in [0.2, 0.25) is 5.91 Å². The van der Waals surface area contributed by atoms with Crippen LogP contribution in [0.5, 0.6) is 11.5 Å². The van der Waals surface area contributed by atoms with Gasteiger partial charge in [0.1, 0.15) is 13.2 Å². The van der Waals surface area contributed by atoms with E-state index in [1.807, 2.05) is 18.2 Å². The number of anilines is 1. The van der Waals surface area contributed by atoms with E-state index < -0.39 is 0 Å². The van der Waals surface area contributed by atoms with Gasteiger partial charge in [-0.05, 0) is 56.5 Å². The quantitative estimate of drug-likeness (QED) is 0.861. The van der Waals surface area contributed by atoms with Crippen molar-refractivity contribution in [2.45, 2.75) is 32.7 Å². The van der Waals surface area contributed by atoms with E-state index in [2.05, 4.69) is 29.8 Å². The van der Waals surface area contributed by atoms with Gasteiger partial charge in [0.05, 0.1) is 0 Å². The predicted octanol–water partition coefficient (Wildman–Crippen LogP) is 3.86.